The number of benzene rings is 1. The van der Waals surface area contributed by atoms with Crippen molar-refractivity contribution in [2.24, 2.45) is 0 Å². The van der Waals surface area contributed by atoms with Crippen molar-refractivity contribution in [2.45, 2.75) is 32.7 Å². The summed E-state index contributed by atoms with van der Waals surface area (Å²) < 4.78 is 11.3. The van der Waals surface area contributed by atoms with Crippen molar-refractivity contribution in [2.75, 3.05) is 26.3 Å². The highest BCUT2D eigenvalue weighted by molar-refractivity contribution is 5.80. The van der Waals surface area contributed by atoms with Crippen molar-refractivity contribution in [3.8, 4) is 11.5 Å². The molecule has 1 heterocycles. The maximum Gasteiger partial charge on any atom is 0.328 e. The van der Waals surface area contributed by atoms with Crippen molar-refractivity contribution in [3.05, 3.63) is 23.8 Å². The lowest BCUT2D eigenvalue weighted by molar-refractivity contribution is -0.151. The monoisotopic (exact) mass is 293 g/mol. The van der Waals surface area contributed by atoms with Crippen LogP contribution in [0.25, 0.3) is 0 Å². The van der Waals surface area contributed by atoms with Crippen LogP contribution in [0.1, 0.15) is 32.8 Å². The van der Waals surface area contributed by atoms with E-state index in [2.05, 4.69) is 0 Å². The van der Waals surface area contributed by atoms with E-state index >= 15 is 0 Å². The zero-order valence-electron chi connectivity index (χ0n) is 12.9. The first-order chi connectivity index (χ1) is 10.0. The van der Waals surface area contributed by atoms with Crippen LogP contribution in [0.3, 0.4) is 0 Å². The van der Waals surface area contributed by atoms with Crippen molar-refractivity contribution in [1.29, 1.82) is 0 Å². The van der Waals surface area contributed by atoms with E-state index in [9.17, 15) is 9.90 Å². The van der Waals surface area contributed by atoms with Crippen LogP contribution >= 0.6 is 0 Å². The van der Waals surface area contributed by atoms with Gasteiger partial charge in [0.2, 0.25) is 0 Å². The molecule has 0 aliphatic carbocycles. The lowest BCUT2D eigenvalue weighted by atomic mass is 9.89. The molecule has 0 amide bonds. The lowest BCUT2D eigenvalue weighted by Crippen LogP contribution is -2.49. The Morgan fingerprint density at radius 3 is 2.43 bits per heavy atom. The smallest absolute Gasteiger partial charge is 0.328 e. The maximum absolute atomic E-state index is 11.9. The van der Waals surface area contributed by atoms with Gasteiger partial charge in [-0.25, -0.2) is 4.79 Å². The molecule has 1 aliphatic rings. The molecule has 0 saturated carbocycles. The van der Waals surface area contributed by atoms with Crippen LogP contribution in [0.15, 0.2) is 18.2 Å². The average Bonchev–Trinajstić information content (AvgIpc) is 2.72. The van der Waals surface area contributed by atoms with Gasteiger partial charge in [-0.15, -0.1) is 0 Å². The summed E-state index contributed by atoms with van der Waals surface area (Å²) in [4.78, 5) is 13.8. The highest BCUT2D eigenvalue weighted by Gasteiger charge is 2.40. The summed E-state index contributed by atoms with van der Waals surface area (Å²) in [7, 11) is 0. The predicted octanol–water partition coefficient (Wildman–Crippen LogP) is 2.49. The fourth-order valence-corrected chi connectivity index (χ4v) is 2.76. The second-order valence-corrected chi connectivity index (χ2v) is 5.26. The van der Waals surface area contributed by atoms with Crippen LogP contribution < -0.4 is 9.47 Å². The third kappa shape index (κ3) is 2.83. The Labute approximate surface area is 125 Å². The zero-order chi connectivity index (χ0) is 15.5. The van der Waals surface area contributed by atoms with Gasteiger partial charge >= 0.3 is 5.97 Å². The highest BCUT2D eigenvalue weighted by Crippen LogP contribution is 2.36. The standard InChI is InChI=1S/C16H23NO4/c1-4-17(5-2)16(3,15(18)19)12-7-8-13-14(11-12)21-10-6-9-20-13/h7-8,11H,4-6,9-10H2,1-3H3,(H,18,19). The Balaban J connectivity index is 2.46. The van der Waals surface area contributed by atoms with Gasteiger partial charge < -0.3 is 14.6 Å². The third-order valence-electron chi connectivity index (χ3n) is 4.12. The molecule has 0 radical (unpaired) electrons. The summed E-state index contributed by atoms with van der Waals surface area (Å²) in [5.41, 5.74) is -0.364. The fourth-order valence-electron chi connectivity index (χ4n) is 2.76. The summed E-state index contributed by atoms with van der Waals surface area (Å²) in [6, 6.07) is 5.42. The van der Waals surface area contributed by atoms with Gasteiger partial charge in [-0.05, 0) is 37.7 Å². The number of fused-ring (bicyclic) bond motifs is 1. The van der Waals surface area contributed by atoms with E-state index in [0.717, 1.165) is 6.42 Å². The number of carboxylic acids is 1. The van der Waals surface area contributed by atoms with Gasteiger partial charge in [-0.2, -0.15) is 0 Å². The van der Waals surface area contributed by atoms with E-state index in [1.807, 2.05) is 24.8 Å². The lowest BCUT2D eigenvalue weighted by Gasteiger charge is -2.37. The van der Waals surface area contributed by atoms with E-state index in [-0.39, 0.29) is 0 Å². The summed E-state index contributed by atoms with van der Waals surface area (Å²) in [5.74, 6) is 0.453. The number of carbonyl (C=O) groups is 1. The minimum atomic E-state index is -1.08. The van der Waals surface area contributed by atoms with Crippen LogP contribution in [0, 0.1) is 0 Å². The van der Waals surface area contributed by atoms with Gasteiger partial charge in [0, 0.05) is 6.42 Å². The molecule has 0 bridgehead atoms. The van der Waals surface area contributed by atoms with Gasteiger partial charge in [0.05, 0.1) is 13.2 Å². The number of ether oxygens (including phenoxy) is 2. The third-order valence-corrected chi connectivity index (χ3v) is 4.12. The topological polar surface area (TPSA) is 59.0 Å². The zero-order valence-corrected chi connectivity index (χ0v) is 12.9. The molecule has 1 unspecified atom stereocenters. The molecule has 0 saturated heterocycles. The molecule has 5 nitrogen and oxygen atoms in total. The van der Waals surface area contributed by atoms with Gasteiger partial charge in [0.25, 0.3) is 0 Å². The molecule has 1 atom stereocenters. The van der Waals surface area contributed by atoms with E-state index in [0.29, 0.717) is 43.4 Å². The Bertz CT molecular complexity index is 513. The molecule has 2 rings (SSSR count). The van der Waals surface area contributed by atoms with Gasteiger partial charge in [-0.3, -0.25) is 4.90 Å². The SMILES string of the molecule is CCN(CC)C(C)(C(=O)O)c1ccc2c(c1)OCCCO2. The van der Waals surface area contributed by atoms with E-state index < -0.39 is 11.5 Å². The van der Waals surface area contributed by atoms with E-state index in [4.69, 9.17) is 9.47 Å². The number of aliphatic carboxylic acids is 1. The van der Waals surface area contributed by atoms with Crippen LogP contribution in [-0.2, 0) is 10.3 Å². The van der Waals surface area contributed by atoms with E-state index in [1.165, 1.54) is 0 Å². The van der Waals surface area contributed by atoms with Crippen molar-refractivity contribution in [3.63, 3.8) is 0 Å². The molecule has 21 heavy (non-hydrogen) atoms. The Morgan fingerprint density at radius 1 is 1.24 bits per heavy atom. The number of hydrogen-bond donors (Lipinski definition) is 1. The first-order valence-corrected chi connectivity index (χ1v) is 7.42. The minimum absolute atomic E-state index is 0.589. The number of likely N-dealkylation sites (N-methyl/N-ethyl adjacent to an activating group) is 1. The van der Waals surface area contributed by atoms with Crippen LogP contribution in [0.4, 0.5) is 0 Å². The average molecular weight is 293 g/mol. The molecule has 0 aromatic heterocycles. The summed E-state index contributed by atoms with van der Waals surface area (Å²) >= 11 is 0. The van der Waals surface area contributed by atoms with Crippen LogP contribution in [-0.4, -0.2) is 42.3 Å². The first-order valence-electron chi connectivity index (χ1n) is 7.42. The molecule has 116 valence electrons. The number of hydrogen-bond acceptors (Lipinski definition) is 4. The Hall–Kier alpha value is -1.75. The molecular formula is C16H23NO4. The quantitative estimate of drug-likeness (QED) is 0.904. The molecule has 0 fully saturated rings. The number of nitrogens with zero attached hydrogens (tertiary/aromatic N) is 1. The highest BCUT2D eigenvalue weighted by atomic mass is 16.5. The summed E-state index contributed by atoms with van der Waals surface area (Å²) in [6.07, 6.45) is 0.830. The van der Waals surface area contributed by atoms with Crippen molar-refractivity contribution in [1.82, 2.24) is 4.90 Å². The normalized spacial score (nSPS) is 17.1. The minimum Gasteiger partial charge on any atom is -0.490 e. The predicted molar refractivity (Wildman–Crippen MR) is 80.0 cm³/mol. The molecular weight excluding hydrogens is 270 g/mol. The van der Waals surface area contributed by atoms with Crippen molar-refractivity contribution < 1.29 is 19.4 Å². The second kappa shape index (κ2) is 6.35. The van der Waals surface area contributed by atoms with Gasteiger partial charge in [-0.1, -0.05) is 19.9 Å². The van der Waals surface area contributed by atoms with Gasteiger partial charge in [0.15, 0.2) is 11.5 Å². The summed E-state index contributed by atoms with van der Waals surface area (Å²) in [6.45, 7) is 8.20. The molecule has 1 aromatic rings. The van der Waals surface area contributed by atoms with Gasteiger partial charge in [0.1, 0.15) is 5.54 Å². The Morgan fingerprint density at radius 2 is 1.86 bits per heavy atom. The van der Waals surface area contributed by atoms with Crippen LogP contribution in [0.5, 0.6) is 11.5 Å². The first kappa shape index (κ1) is 15.6. The molecule has 0 spiro atoms. The fraction of sp³-hybridized carbons (Fsp3) is 0.562. The Kier molecular flexibility index (Phi) is 4.73. The maximum atomic E-state index is 11.9. The van der Waals surface area contributed by atoms with Crippen LogP contribution in [0.2, 0.25) is 0 Å². The molecule has 1 N–H and O–H groups in total. The summed E-state index contributed by atoms with van der Waals surface area (Å²) in [5, 5.41) is 9.76. The molecule has 1 aromatic carbocycles. The van der Waals surface area contributed by atoms with E-state index in [1.54, 1.807) is 19.1 Å². The number of carboxylic acid groups (broad SMARTS) is 1. The number of rotatable bonds is 5. The van der Waals surface area contributed by atoms with Crippen molar-refractivity contribution >= 4 is 5.97 Å². The second-order valence-electron chi connectivity index (χ2n) is 5.26. The largest absolute Gasteiger partial charge is 0.490 e. The molecule has 5 heteroatoms. The molecule has 1 aliphatic heterocycles.